The van der Waals surface area contributed by atoms with Crippen molar-refractivity contribution in [1.29, 1.82) is 5.26 Å². The number of hydrogen-bond donors (Lipinski definition) is 1. The monoisotopic (exact) mass is 299 g/mol. The van der Waals surface area contributed by atoms with E-state index >= 15 is 0 Å². The lowest BCUT2D eigenvalue weighted by molar-refractivity contribution is -0.384. The average Bonchev–Trinajstić information content (AvgIpc) is 2.38. The molecular weight excluding hydrogens is 286 g/mol. The highest BCUT2D eigenvalue weighted by molar-refractivity contribution is 7.89. The van der Waals surface area contributed by atoms with Gasteiger partial charge in [-0.2, -0.15) is 5.26 Å². The van der Waals surface area contributed by atoms with Crippen molar-refractivity contribution < 1.29 is 13.3 Å². The predicted octanol–water partition coefficient (Wildman–Crippen LogP) is 0.165. The summed E-state index contributed by atoms with van der Waals surface area (Å²) >= 11 is 0. The van der Waals surface area contributed by atoms with Gasteiger partial charge < -0.3 is 5.32 Å². The van der Waals surface area contributed by atoms with E-state index in [9.17, 15) is 18.5 Å². The van der Waals surface area contributed by atoms with Crippen molar-refractivity contribution >= 4 is 21.5 Å². The summed E-state index contributed by atoms with van der Waals surface area (Å²) in [5.74, 6) is -0.290. The second-order valence-corrected chi connectivity index (χ2v) is 6.29. The van der Waals surface area contributed by atoms with Gasteiger partial charge in [-0.25, -0.2) is 17.7 Å². The van der Waals surface area contributed by atoms with Gasteiger partial charge in [0.05, 0.1) is 16.2 Å². The molecule has 9 nitrogen and oxygen atoms in total. The Labute approximate surface area is 116 Å². The summed E-state index contributed by atoms with van der Waals surface area (Å²) in [4.78, 5) is 13.9. The minimum absolute atomic E-state index is 0.0275. The van der Waals surface area contributed by atoms with E-state index < -0.39 is 14.9 Å². The average molecular weight is 299 g/mol. The number of nitro groups is 1. The van der Waals surface area contributed by atoms with Crippen molar-refractivity contribution in [2.75, 3.05) is 31.7 Å². The Kier molecular flexibility index (Phi) is 4.95. The second kappa shape index (κ2) is 6.27. The molecule has 10 heteroatoms. The van der Waals surface area contributed by atoms with Gasteiger partial charge in [0.25, 0.3) is 0 Å². The number of sulfonamides is 1. The van der Waals surface area contributed by atoms with Crippen LogP contribution in [0.25, 0.3) is 0 Å². The summed E-state index contributed by atoms with van der Waals surface area (Å²) < 4.78 is 24.1. The van der Waals surface area contributed by atoms with Crippen LogP contribution in [0.15, 0.2) is 12.3 Å². The van der Waals surface area contributed by atoms with Gasteiger partial charge in [0.2, 0.25) is 15.8 Å². The molecule has 1 aromatic rings. The molecule has 0 saturated carbocycles. The third-order valence-electron chi connectivity index (χ3n) is 2.40. The molecule has 1 aromatic heterocycles. The molecule has 0 aliphatic heterocycles. The molecule has 1 N–H and O–H groups in total. The van der Waals surface area contributed by atoms with Crippen LogP contribution in [0.5, 0.6) is 0 Å². The molecule has 0 bridgehead atoms. The normalized spacial score (nSPS) is 11.1. The zero-order valence-corrected chi connectivity index (χ0v) is 11.7. The number of hydrogen-bond acceptors (Lipinski definition) is 7. The SMILES string of the molecule is CN(C)S(=O)(=O)CCNc1ncc(C#N)cc1[N+](=O)[O-]. The van der Waals surface area contributed by atoms with E-state index in [1.807, 2.05) is 0 Å². The fourth-order valence-electron chi connectivity index (χ4n) is 1.27. The molecule has 0 saturated heterocycles. The Morgan fingerprint density at radius 2 is 2.20 bits per heavy atom. The molecule has 108 valence electrons. The van der Waals surface area contributed by atoms with Crippen molar-refractivity contribution in [1.82, 2.24) is 9.29 Å². The standard InChI is InChI=1S/C10H13N5O4S/c1-14(2)20(18,19)4-3-12-10-9(15(16)17)5-8(6-11)7-13-10/h5,7H,3-4H2,1-2H3,(H,12,13). The third-order valence-corrected chi connectivity index (χ3v) is 4.23. The first kappa shape index (κ1) is 15.8. The molecule has 20 heavy (non-hydrogen) atoms. The zero-order chi connectivity index (χ0) is 15.3. The number of nitriles is 1. The van der Waals surface area contributed by atoms with Gasteiger partial charge in [-0.3, -0.25) is 10.1 Å². The van der Waals surface area contributed by atoms with Crippen LogP contribution in [0.2, 0.25) is 0 Å². The molecule has 1 heterocycles. The van der Waals surface area contributed by atoms with Crippen LogP contribution < -0.4 is 5.32 Å². The van der Waals surface area contributed by atoms with Crippen LogP contribution >= 0.6 is 0 Å². The summed E-state index contributed by atoms with van der Waals surface area (Å²) in [6, 6.07) is 2.83. The summed E-state index contributed by atoms with van der Waals surface area (Å²) in [6.45, 7) is -0.0275. The van der Waals surface area contributed by atoms with Crippen molar-refractivity contribution in [3.05, 3.63) is 27.9 Å². The summed E-state index contributed by atoms with van der Waals surface area (Å²) in [6.07, 6.45) is 1.18. The van der Waals surface area contributed by atoms with E-state index in [0.29, 0.717) is 0 Å². The highest BCUT2D eigenvalue weighted by Crippen LogP contribution is 2.22. The van der Waals surface area contributed by atoms with Crippen molar-refractivity contribution in [3.8, 4) is 6.07 Å². The molecule has 0 fully saturated rings. The Balaban J connectivity index is 2.84. The van der Waals surface area contributed by atoms with Gasteiger partial charge in [-0.15, -0.1) is 0 Å². The van der Waals surface area contributed by atoms with E-state index in [2.05, 4.69) is 10.3 Å². The molecule has 0 atom stereocenters. The fraction of sp³-hybridized carbons (Fsp3) is 0.400. The van der Waals surface area contributed by atoms with E-state index in [1.165, 1.54) is 20.3 Å². The van der Waals surface area contributed by atoms with Crippen molar-refractivity contribution in [2.24, 2.45) is 0 Å². The van der Waals surface area contributed by atoms with E-state index in [4.69, 9.17) is 5.26 Å². The number of nitrogens with zero attached hydrogens (tertiary/aromatic N) is 4. The maximum atomic E-state index is 11.5. The van der Waals surface area contributed by atoms with Gasteiger partial charge in [0, 0.05) is 32.9 Å². The van der Waals surface area contributed by atoms with Crippen molar-refractivity contribution in [3.63, 3.8) is 0 Å². The highest BCUT2D eigenvalue weighted by Gasteiger charge is 2.18. The Morgan fingerprint density at radius 1 is 1.55 bits per heavy atom. The lowest BCUT2D eigenvalue weighted by atomic mass is 10.3. The van der Waals surface area contributed by atoms with Crippen LogP contribution in [0.4, 0.5) is 11.5 Å². The molecular formula is C10H13N5O4S. The van der Waals surface area contributed by atoms with Gasteiger partial charge in [-0.1, -0.05) is 0 Å². The lowest BCUT2D eigenvalue weighted by Gasteiger charge is -2.11. The van der Waals surface area contributed by atoms with Crippen LogP contribution in [0, 0.1) is 21.4 Å². The number of anilines is 1. The molecule has 1 rings (SSSR count). The number of pyridine rings is 1. The summed E-state index contributed by atoms with van der Waals surface area (Å²) in [5, 5.41) is 22.1. The zero-order valence-electron chi connectivity index (χ0n) is 10.9. The largest absolute Gasteiger partial charge is 0.363 e. The van der Waals surface area contributed by atoms with Gasteiger partial charge in [-0.05, 0) is 0 Å². The molecule has 0 aliphatic carbocycles. The molecule has 0 spiro atoms. The van der Waals surface area contributed by atoms with Gasteiger partial charge >= 0.3 is 5.69 Å². The Morgan fingerprint density at radius 3 is 2.70 bits per heavy atom. The van der Waals surface area contributed by atoms with E-state index in [1.54, 1.807) is 6.07 Å². The molecule has 0 unspecified atom stereocenters. The summed E-state index contributed by atoms with van der Waals surface area (Å²) in [7, 11) is -0.592. The Bertz CT molecular complexity index is 650. The first-order valence-corrected chi connectivity index (χ1v) is 7.07. The lowest BCUT2D eigenvalue weighted by Crippen LogP contribution is -2.28. The first-order valence-electron chi connectivity index (χ1n) is 5.46. The smallest absolute Gasteiger partial charge is 0.312 e. The minimum atomic E-state index is -3.39. The maximum Gasteiger partial charge on any atom is 0.312 e. The summed E-state index contributed by atoms with van der Waals surface area (Å²) in [5.41, 5.74) is -0.311. The first-order chi connectivity index (χ1) is 9.27. The quantitative estimate of drug-likeness (QED) is 0.585. The highest BCUT2D eigenvalue weighted by atomic mass is 32.2. The number of rotatable bonds is 6. The van der Waals surface area contributed by atoms with Gasteiger partial charge in [0.15, 0.2) is 0 Å². The van der Waals surface area contributed by atoms with Crippen LogP contribution in [0.1, 0.15) is 5.56 Å². The maximum absolute atomic E-state index is 11.5. The molecule has 0 aromatic carbocycles. The van der Waals surface area contributed by atoms with Crippen LogP contribution in [0.3, 0.4) is 0 Å². The topological polar surface area (TPSA) is 129 Å². The van der Waals surface area contributed by atoms with Crippen LogP contribution in [-0.2, 0) is 10.0 Å². The van der Waals surface area contributed by atoms with Crippen LogP contribution in [-0.4, -0.2) is 49.0 Å². The fourth-order valence-corrected chi connectivity index (χ4v) is 2.00. The predicted molar refractivity (Wildman–Crippen MR) is 71.6 cm³/mol. The molecule has 0 radical (unpaired) electrons. The minimum Gasteiger partial charge on any atom is -0.363 e. The number of nitrogens with one attached hydrogen (secondary N) is 1. The number of aromatic nitrogens is 1. The third kappa shape index (κ3) is 3.87. The van der Waals surface area contributed by atoms with E-state index in [-0.39, 0.29) is 29.4 Å². The van der Waals surface area contributed by atoms with Gasteiger partial charge in [0.1, 0.15) is 6.07 Å². The second-order valence-electron chi connectivity index (χ2n) is 3.99. The van der Waals surface area contributed by atoms with E-state index in [0.717, 1.165) is 10.4 Å². The Hall–Kier alpha value is -2.25. The van der Waals surface area contributed by atoms with Crippen molar-refractivity contribution in [2.45, 2.75) is 0 Å². The molecule has 0 amide bonds. The molecule has 0 aliphatic rings.